The van der Waals surface area contributed by atoms with Gasteiger partial charge in [0.25, 0.3) is 5.91 Å². The molecule has 1 aromatic heterocycles. The summed E-state index contributed by atoms with van der Waals surface area (Å²) in [4.78, 5) is 27.7. The van der Waals surface area contributed by atoms with Gasteiger partial charge in [-0.3, -0.25) is 4.79 Å². The summed E-state index contributed by atoms with van der Waals surface area (Å²) in [6, 6.07) is 10.9. The second-order valence-electron chi connectivity index (χ2n) is 5.40. The Morgan fingerprint density at radius 1 is 1.20 bits per heavy atom. The molecule has 0 spiro atoms. The zero-order chi connectivity index (χ0) is 17.8. The maximum atomic E-state index is 11.3. The average Bonchev–Trinajstić information content (AvgIpc) is 2.97. The molecule has 0 atom stereocenters. The van der Waals surface area contributed by atoms with E-state index in [9.17, 15) is 9.59 Å². The van der Waals surface area contributed by atoms with Crippen LogP contribution in [0.15, 0.2) is 41.2 Å². The molecule has 0 saturated heterocycles. The molecule has 2 aromatic carbocycles. The van der Waals surface area contributed by atoms with Crippen LogP contribution in [0.5, 0.6) is 11.5 Å². The summed E-state index contributed by atoms with van der Waals surface area (Å²) in [5.74, 6) is 0.421. The van der Waals surface area contributed by atoms with E-state index in [0.717, 1.165) is 16.8 Å². The largest absolute Gasteiger partial charge is 0.493 e. The number of ether oxygens (including phenoxy) is 2. The number of nitrogens with one attached hydrogen (secondary N) is 3. The Morgan fingerprint density at radius 3 is 2.76 bits per heavy atom. The number of fused-ring (bicyclic) bond motifs is 1. The molecule has 8 heteroatoms. The second kappa shape index (κ2) is 7.00. The molecule has 0 bridgehead atoms. The number of H-pyrrole nitrogens is 2. The summed E-state index contributed by atoms with van der Waals surface area (Å²) >= 11 is 0. The van der Waals surface area contributed by atoms with Crippen molar-refractivity contribution >= 4 is 22.6 Å². The van der Waals surface area contributed by atoms with Gasteiger partial charge in [0.1, 0.15) is 0 Å². The molecular weight excluding hydrogens is 324 g/mol. The van der Waals surface area contributed by atoms with Crippen LogP contribution in [0.1, 0.15) is 5.56 Å². The van der Waals surface area contributed by atoms with Crippen LogP contribution in [-0.2, 0) is 11.3 Å². The predicted molar refractivity (Wildman–Crippen MR) is 93.9 cm³/mol. The smallest absolute Gasteiger partial charge is 0.323 e. The van der Waals surface area contributed by atoms with E-state index in [1.807, 2.05) is 30.3 Å². The molecule has 0 aliphatic carbocycles. The Kier molecular flexibility index (Phi) is 4.60. The SMILES string of the molecule is COc1cccc(CNc2ccc3[nH]c(=O)[nH]c3c2)c1OCC(N)=O. The molecule has 0 unspecified atom stereocenters. The van der Waals surface area contributed by atoms with Crippen molar-refractivity contribution in [1.29, 1.82) is 0 Å². The van der Waals surface area contributed by atoms with Crippen LogP contribution in [0.4, 0.5) is 5.69 Å². The molecule has 25 heavy (non-hydrogen) atoms. The van der Waals surface area contributed by atoms with Gasteiger partial charge in [0.05, 0.1) is 18.1 Å². The fraction of sp³-hybridized carbons (Fsp3) is 0.176. The van der Waals surface area contributed by atoms with Crippen LogP contribution in [0, 0.1) is 0 Å². The minimum Gasteiger partial charge on any atom is -0.493 e. The molecule has 0 radical (unpaired) electrons. The van der Waals surface area contributed by atoms with Crippen molar-refractivity contribution in [3.05, 3.63) is 52.4 Å². The van der Waals surface area contributed by atoms with E-state index in [2.05, 4.69) is 15.3 Å². The molecule has 3 rings (SSSR count). The zero-order valence-corrected chi connectivity index (χ0v) is 13.6. The highest BCUT2D eigenvalue weighted by Crippen LogP contribution is 2.31. The third kappa shape index (κ3) is 3.74. The number of anilines is 1. The van der Waals surface area contributed by atoms with Crippen molar-refractivity contribution in [2.45, 2.75) is 6.54 Å². The van der Waals surface area contributed by atoms with Gasteiger partial charge in [-0.05, 0) is 24.3 Å². The van der Waals surface area contributed by atoms with Crippen molar-refractivity contribution in [3.63, 3.8) is 0 Å². The lowest BCUT2D eigenvalue weighted by atomic mass is 10.1. The number of benzene rings is 2. The van der Waals surface area contributed by atoms with Gasteiger partial charge in [-0.1, -0.05) is 12.1 Å². The molecule has 0 aliphatic rings. The summed E-state index contributed by atoms with van der Waals surface area (Å²) in [7, 11) is 1.53. The third-order valence-corrected chi connectivity index (χ3v) is 3.64. The predicted octanol–water partition coefficient (Wildman–Crippen LogP) is 1.34. The van der Waals surface area contributed by atoms with E-state index >= 15 is 0 Å². The van der Waals surface area contributed by atoms with E-state index < -0.39 is 5.91 Å². The Labute approximate surface area is 142 Å². The molecule has 5 N–H and O–H groups in total. The van der Waals surface area contributed by atoms with Gasteiger partial charge in [0, 0.05) is 17.8 Å². The first-order valence-electron chi connectivity index (χ1n) is 7.59. The highest BCUT2D eigenvalue weighted by Gasteiger charge is 2.12. The normalized spacial score (nSPS) is 10.6. The van der Waals surface area contributed by atoms with Crippen LogP contribution in [0.3, 0.4) is 0 Å². The molecular formula is C17H18N4O4. The number of aromatic amines is 2. The van der Waals surface area contributed by atoms with Crippen molar-refractivity contribution in [2.24, 2.45) is 5.73 Å². The summed E-state index contributed by atoms with van der Waals surface area (Å²) in [6.45, 7) is 0.204. The number of nitrogens with two attached hydrogens (primary N) is 1. The molecule has 0 saturated carbocycles. The van der Waals surface area contributed by atoms with Gasteiger partial charge < -0.3 is 30.5 Å². The van der Waals surface area contributed by atoms with Gasteiger partial charge in [-0.25, -0.2) is 4.79 Å². The lowest BCUT2D eigenvalue weighted by Gasteiger charge is -2.15. The second-order valence-corrected chi connectivity index (χ2v) is 5.40. The van der Waals surface area contributed by atoms with E-state index in [-0.39, 0.29) is 12.3 Å². The fourth-order valence-electron chi connectivity index (χ4n) is 2.51. The number of carbonyl (C=O) groups excluding carboxylic acids is 1. The first-order chi connectivity index (χ1) is 12.1. The van der Waals surface area contributed by atoms with Gasteiger partial charge in [0.15, 0.2) is 18.1 Å². The molecule has 3 aromatic rings. The minimum atomic E-state index is -0.563. The van der Waals surface area contributed by atoms with Crippen molar-refractivity contribution in [3.8, 4) is 11.5 Å². The van der Waals surface area contributed by atoms with Crippen LogP contribution in [0.25, 0.3) is 11.0 Å². The summed E-state index contributed by atoms with van der Waals surface area (Å²) in [5, 5.41) is 3.25. The number of hydrogen-bond donors (Lipinski definition) is 4. The summed E-state index contributed by atoms with van der Waals surface area (Å²) in [5.41, 5.74) is 7.99. The van der Waals surface area contributed by atoms with E-state index in [4.69, 9.17) is 15.2 Å². The highest BCUT2D eigenvalue weighted by molar-refractivity contribution is 5.78. The maximum absolute atomic E-state index is 11.3. The molecule has 1 heterocycles. The van der Waals surface area contributed by atoms with Crippen molar-refractivity contribution in [1.82, 2.24) is 9.97 Å². The highest BCUT2D eigenvalue weighted by atomic mass is 16.5. The summed E-state index contributed by atoms with van der Waals surface area (Å²) < 4.78 is 10.8. The van der Waals surface area contributed by atoms with Gasteiger partial charge >= 0.3 is 5.69 Å². The van der Waals surface area contributed by atoms with Crippen LogP contribution in [-0.4, -0.2) is 29.6 Å². The first kappa shape index (κ1) is 16.4. The molecule has 130 valence electrons. The molecule has 1 amide bonds. The zero-order valence-electron chi connectivity index (χ0n) is 13.6. The maximum Gasteiger partial charge on any atom is 0.323 e. The number of aromatic nitrogens is 2. The van der Waals surface area contributed by atoms with Gasteiger partial charge in [-0.2, -0.15) is 0 Å². The van der Waals surface area contributed by atoms with E-state index in [0.29, 0.717) is 23.6 Å². The molecule has 8 nitrogen and oxygen atoms in total. The third-order valence-electron chi connectivity index (χ3n) is 3.64. The molecule has 0 fully saturated rings. The van der Waals surface area contributed by atoms with Crippen LogP contribution >= 0.6 is 0 Å². The number of imidazole rings is 1. The first-order valence-corrected chi connectivity index (χ1v) is 7.59. The number of carbonyl (C=O) groups is 1. The topological polar surface area (TPSA) is 122 Å². The standard InChI is InChI=1S/C17H18N4O4/c1-24-14-4-2-3-10(16(14)25-9-15(18)22)8-19-11-5-6-12-13(7-11)21-17(23)20-12/h2-7,19H,8-9H2,1H3,(H2,18,22)(H2,20,21,23). The lowest BCUT2D eigenvalue weighted by Crippen LogP contribution is -2.21. The van der Waals surface area contributed by atoms with Gasteiger partial charge in [0.2, 0.25) is 0 Å². The van der Waals surface area contributed by atoms with Gasteiger partial charge in [-0.15, -0.1) is 0 Å². The average molecular weight is 342 g/mol. The van der Waals surface area contributed by atoms with E-state index in [1.54, 1.807) is 6.07 Å². The van der Waals surface area contributed by atoms with E-state index in [1.165, 1.54) is 7.11 Å². The lowest BCUT2D eigenvalue weighted by molar-refractivity contribution is -0.119. The van der Waals surface area contributed by atoms with Crippen LogP contribution < -0.4 is 26.2 Å². The number of hydrogen-bond acceptors (Lipinski definition) is 5. The fourth-order valence-corrected chi connectivity index (χ4v) is 2.51. The number of primary amides is 1. The number of amides is 1. The Hall–Kier alpha value is -3.42. The Bertz CT molecular complexity index is 961. The number of rotatable bonds is 7. The van der Waals surface area contributed by atoms with Crippen molar-refractivity contribution < 1.29 is 14.3 Å². The Balaban J connectivity index is 1.81. The van der Waals surface area contributed by atoms with Crippen molar-refractivity contribution in [2.75, 3.05) is 19.0 Å². The molecule has 0 aliphatic heterocycles. The minimum absolute atomic E-state index is 0.232. The monoisotopic (exact) mass is 342 g/mol. The number of para-hydroxylation sites is 1. The Morgan fingerprint density at radius 2 is 2.00 bits per heavy atom. The summed E-state index contributed by atoms with van der Waals surface area (Å²) in [6.07, 6.45) is 0. The van der Waals surface area contributed by atoms with Crippen LogP contribution in [0.2, 0.25) is 0 Å². The quantitative estimate of drug-likeness (QED) is 0.516. The number of methoxy groups -OCH3 is 1.